The Morgan fingerprint density at radius 3 is 2.33 bits per heavy atom. The van der Waals surface area contributed by atoms with Gasteiger partial charge in [0.25, 0.3) is 0 Å². The highest BCUT2D eigenvalue weighted by Gasteiger charge is 2.16. The van der Waals surface area contributed by atoms with Crippen LogP contribution in [0.15, 0.2) is 10.9 Å². The van der Waals surface area contributed by atoms with Gasteiger partial charge >= 0.3 is 5.95 Å². The zero-order valence-electron chi connectivity index (χ0n) is 5.83. The van der Waals surface area contributed by atoms with E-state index in [1.807, 2.05) is 21.1 Å². The van der Waals surface area contributed by atoms with Crippen molar-refractivity contribution >= 4 is 5.95 Å². The zero-order valence-corrected chi connectivity index (χ0v) is 5.83. The van der Waals surface area contributed by atoms with Crippen molar-refractivity contribution in [3.8, 4) is 0 Å². The molecule has 1 heterocycles. The maximum absolute atomic E-state index is 4.56. The van der Waals surface area contributed by atoms with Gasteiger partial charge in [-0.25, -0.2) is 0 Å². The second-order valence-electron chi connectivity index (χ2n) is 2.74. The van der Waals surface area contributed by atoms with Crippen LogP contribution in [0.4, 0.5) is 5.95 Å². The molecule has 0 aliphatic heterocycles. The van der Waals surface area contributed by atoms with Gasteiger partial charge < -0.3 is 4.52 Å². The average molecular weight is 128 g/mol. The molecule has 50 valence electrons. The molecule has 0 unspecified atom stereocenters. The molecule has 0 amide bonds. The van der Waals surface area contributed by atoms with E-state index in [9.17, 15) is 0 Å². The van der Waals surface area contributed by atoms with Gasteiger partial charge in [-0.05, 0) is 0 Å². The van der Waals surface area contributed by atoms with E-state index in [-0.39, 0.29) is 0 Å². The van der Waals surface area contributed by atoms with E-state index < -0.39 is 0 Å². The summed E-state index contributed by atoms with van der Waals surface area (Å²) in [4.78, 5) is 3.88. The fourth-order valence-corrected chi connectivity index (χ4v) is 0.461. The van der Waals surface area contributed by atoms with Crippen LogP contribution in [-0.4, -0.2) is 31.3 Å². The molecule has 0 fully saturated rings. The summed E-state index contributed by atoms with van der Waals surface area (Å²) in [5.41, 5.74) is 0. The molecule has 0 saturated heterocycles. The topological polar surface area (TPSA) is 38.9 Å². The number of hydrogen-bond acceptors (Lipinski definition) is 3. The average Bonchev–Trinajstić information content (AvgIpc) is 2.08. The summed E-state index contributed by atoms with van der Waals surface area (Å²) in [7, 11) is 5.93. The molecule has 0 aromatic carbocycles. The Labute approximate surface area is 53.7 Å². The van der Waals surface area contributed by atoms with Crippen LogP contribution in [0.3, 0.4) is 0 Å². The highest BCUT2D eigenvalue weighted by atomic mass is 16.5. The van der Waals surface area contributed by atoms with E-state index in [1.165, 1.54) is 6.39 Å². The number of rotatable bonds is 1. The van der Waals surface area contributed by atoms with Crippen LogP contribution >= 0.6 is 0 Å². The smallest absolute Gasteiger partial charge is 0.338 e. The molecule has 0 bridgehead atoms. The fourth-order valence-electron chi connectivity index (χ4n) is 0.461. The van der Waals surface area contributed by atoms with Crippen LogP contribution < -0.4 is 4.48 Å². The van der Waals surface area contributed by atoms with Crippen molar-refractivity contribution in [2.45, 2.75) is 0 Å². The van der Waals surface area contributed by atoms with E-state index in [0.29, 0.717) is 10.4 Å². The summed E-state index contributed by atoms with van der Waals surface area (Å²) in [6.07, 6.45) is 1.33. The van der Waals surface area contributed by atoms with Gasteiger partial charge in [0.15, 0.2) is 0 Å². The first-order valence-corrected chi connectivity index (χ1v) is 2.69. The first-order valence-electron chi connectivity index (χ1n) is 2.69. The quantitative estimate of drug-likeness (QED) is 0.509. The lowest BCUT2D eigenvalue weighted by molar-refractivity contribution is 0.383. The second kappa shape index (κ2) is 1.80. The highest BCUT2D eigenvalue weighted by molar-refractivity contribution is 5.15. The molecule has 9 heavy (non-hydrogen) atoms. The van der Waals surface area contributed by atoms with Crippen molar-refractivity contribution in [3.05, 3.63) is 6.39 Å². The molecule has 1 aromatic rings. The van der Waals surface area contributed by atoms with Crippen molar-refractivity contribution in [1.82, 2.24) is 14.6 Å². The third-order valence-electron chi connectivity index (χ3n) is 0.950. The Morgan fingerprint density at radius 2 is 2.11 bits per heavy atom. The van der Waals surface area contributed by atoms with Crippen LogP contribution in [0.2, 0.25) is 0 Å². The van der Waals surface area contributed by atoms with Gasteiger partial charge in [0.2, 0.25) is 6.39 Å². The van der Waals surface area contributed by atoms with Crippen molar-refractivity contribution < 1.29 is 4.52 Å². The van der Waals surface area contributed by atoms with E-state index in [2.05, 4.69) is 14.7 Å². The second-order valence-corrected chi connectivity index (χ2v) is 2.74. The molecule has 0 atom stereocenters. The molecule has 4 nitrogen and oxygen atoms in total. The van der Waals surface area contributed by atoms with Gasteiger partial charge in [0, 0.05) is 5.16 Å². The monoisotopic (exact) mass is 128 g/mol. The minimum Gasteiger partial charge on any atom is -0.338 e. The molecule has 0 spiro atoms. The lowest BCUT2D eigenvalue weighted by atomic mass is 10.7. The van der Waals surface area contributed by atoms with E-state index in [1.54, 1.807) is 0 Å². The standard InChI is InChI=1S/C5H10N3O/c1-8(2,3)5-6-4-9-7-5/h4H,1-3H3/q+1. The predicted molar refractivity (Wildman–Crippen MR) is 33.9 cm³/mol. The Hall–Kier alpha value is -0.900. The van der Waals surface area contributed by atoms with E-state index in [4.69, 9.17) is 0 Å². The molecule has 1 aromatic heterocycles. The Bertz CT molecular complexity index is 175. The summed E-state index contributed by atoms with van der Waals surface area (Å²) in [5, 5.41) is 3.67. The van der Waals surface area contributed by atoms with Crippen molar-refractivity contribution in [2.75, 3.05) is 21.1 Å². The minimum absolute atomic E-state index is 0.594. The molecule has 4 heteroatoms. The van der Waals surface area contributed by atoms with Gasteiger partial charge in [0.1, 0.15) is 0 Å². The molecule has 1 rings (SSSR count). The lowest BCUT2D eigenvalue weighted by Gasteiger charge is -2.16. The molecule has 0 aliphatic rings. The SMILES string of the molecule is C[N+](C)(C)c1ncon1. The van der Waals surface area contributed by atoms with Crippen LogP contribution in [-0.2, 0) is 0 Å². The molecule has 0 radical (unpaired) electrons. The highest BCUT2D eigenvalue weighted by Crippen LogP contribution is 2.06. The van der Waals surface area contributed by atoms with Gasteiger partial charge in [-0.3, -0.25) is 4.48 Å². The third-order valence-corrected chi connectivity index (χ3v) is 0.950. The summed E-state index contributed by atoms with van der Waals surface area (Å²) in [6.45, 7) is 0. The number of nitrogens with zero attached hydrogens (tertiary/aromatic N) is 3. The third kappa shape index (κ3) is 1.26. The molecular weight excluding hydrogens is 118 g/mol. The maximum atomic E-state index is 4.56. The van der Waals surface area contributed by atoms with Crippen LogP contribution in [0, 0.1) is 0 Å². The number of quaternary nitrogens is 1. The van der Waals surface area contributed by atoms with Crippen molar-refractivity contribution in [3.63, 3.8) is 0 Å². The summed E-state index contributed by atoms with van der Waals surface area (Å²) in [6, 6.07) is 0. The van der Waals surface area contributed by atoms with Gasteiger partial charge in [-0.2, -0.15) is 0 Å². The maximum Gasteiger partial charge on any atom is 0.365 e. The molecule has 0 N–H and O–H groups in total. The lowest BCUT2D eigenvalue weighted by Crippen LogP contribution is -2.35. The number of aromatic nitrogens is 2. The van der Waals surface area contributed by atoms with Gasteiger partial charge in [-0.15, -0.1) is 4.98 Å². The molecule has 0 aliphatic carbocycles. The Balaban J connectivity index is 2.90. The fraction of sp³-hybridized carbons (Fsp3) is 0.600. The normalized spacial score (nSPS) is 11.9. The van der Waals surface area contributed by atoms with Gasteiger partial charge in [0.05, 0.1) is 21.1 Å². The van der Waals surface area contributed by atoms with E-state index in [0.717, 1.165) is 0 Å². The molecular formula is C5H10N3O+. The van der Waals surface area contributed by atoms with Gasteiger partial charge in [-0.1, -0.05) is 0 Å². The first kappa shape index (κ1) is 6.22. The van der Waals surface area contributed by atoms with Crippen molar-refractivity contribution in [2.24, 2.45) is 0 Å². The largest absolute Gasteiger partial charge is 0.365 e. The van der Waals surface area contributed by atoms with Crippen LogP contribution in [0.5, 0.6) is 0 Å². The van der Waals surface area contributed by atoms with E-state index >= 15 is 0 Å². The minimum atomic E-state index is 0.594. The first-order chi connectivity index (χ1) is 4.11. The Morgan fingerprint density at radius 1 is 1.44 bits per heavy atom. The number of hydrogen-bond donors (Lipinski definition) is 0. The summed E-state index contributed by atoms with van der Waals surface area (Å²) < 4.78 is 5.16. The molecule has 0 saturated carbocycles. The summed E-state index contributed by atoms with van der Waals surface area (Å²) in [5.74, 6) is 0.690. The summed E-state index contributed by atoms with van der Waals surface area (Å²) >= 11 is 0. The predicted octanol–water partition coefficient (Wildman–Crippen LogP) is 0.266. The zero-order chi connectivity index (χ0) is 6.91. The Kier molecular flexibility index (Phi) is 1.25. The van der Waals surface area contributed by atoms with Crippen LogP contribution in [0.25, 0.3) is 0 Å². The van der Waals surface area contributed by atoms with Crippen molar-refractivity contribution in [1.29, 1.82) is 0 Å². The van der Waals surface area contributed by atoms with Crippen LogP contribution in [0.1, 0.15) is 0 Å².